The van der Waals surface area contributed by atoms with Crippen molar-refractivity contribution in [1.29, 1.82) is 0 Å². The highest BCUT2D eigenvalue weighted by atomic mass is 16.5. The number of benzene rings is 3. The van der Waals surface area contributed by atoms with Crippen LogP contribution in [0.25, 0.3) is 22.2 Å². The van der Waals surface area contributed by atoms with Gasteiger partial charge in [0.1, 0.15) is 6.04 Å². The van der Waals surface area contributed by atoms with Crippen molar-refractivity contribution in [3.8, 4) is 11.3 Å². The van der Waals surface area contributed by atoms with E-state index in [0.29, 0.717) is 18.5 Å². The number of rotatable bonds is 10. The second-order valence-electron chi connectivity index (χ2n) is 12.3. The van der Waals surface area contributed by atoms with Crippen LogP contribution in [0.4, 0.5) is 0 Å². The third-order valence-corrected chi connectivity index (χ3v) is 8.75. The molecular weight excluding hydrogens is 536 g/mol. The fourth-order valence-electron chi connectivity index (χ4n) is 6.60. The number of fused-ring (bicyclic) bond motifs is 2. The summed E-state index contributed by atoms with van der Waals surface area (Å²) in [5, 5.41) is 4.27. The maximum atomic E-state index is 14.3. The van der Waals surface area contributed by atoms with Crippen molar-refractivity contribution in [3.63, 3.8) is 0 Å². The first-order valence-corrected chi connectivity index (χ1v) is 15.6. The molecule has 2 aliphatic heterocycles. The first kappa shape index (κ1) is 29.1. The predicted molar refractivity (Wildman–Crippen MR) is 171 cm³/mol. The van der Waals surface area contributed by atoms with Gasteiger partial charge >= 0.3 is 0 Å². The monoisotopic (exact) mass is 578 g/mol. The number of nitrogens with one attached hydrogen (secondary N) is 2. The van der Waals surface area contributed by atoms with Gasteiger partial charge in [-0.05, 0) is 55.5 Å². The van der Waals surface area contributed by atoms with Gasteiger partial charge < -0.3 is 19.9 Å². The standard InChI is InChI=1S/C36H42N4O3/c1-24(2)23-31(35(41)37-17-8-18-39-19-21-43-22-20-39)40-34(27-9-4-5-10-28(27)36(40)42)32-29-11-6-7-12-30(29)38-33(32)26-15-13-25(3)14-16-26/h4-7,9-16,24,31,34,38H,8,17-23H2,1-3H3,(H,37,41). The van der Waals surface area contributed by atoms with Crippen LogP contribution in [0, 0.1) is 12.8 Å². The van der Waals surface area contributed by atoms with E-state index in [1.165, 1.54) is 5.56 Å². The number of aryl methyl sites for hydroxylation is 1. The molecule has 2 N–H and O–H groups in total. The summed E-state index contributed by atoms with van der Waals surface area (Å²) < 4.78 is 5.46. The van der Waals surface area contributed by atoms with Crippen molar-refractivity contribution in [2.24, 2.45) is 5.92 Å². The molecule has 7 heteroatoms. The Kier molecular flexibility index (Phi) is 8.63. The van der Waals surface area contributed by atoms with Crippen LogP contribution in [0.1, 0.15) is 59.8 Å². The lowest BCUT2D eigenvalue weighted by Crippen LogP contribution is -2.50. The second-order valence-corrected chi connectivity index (χ2v) is 12.3. The molecule has 43 heavy (non-hydrogen) atoms. The summed E-state index contributed by atoms with van der Waals surface area (Å²) >= 11 is 0. The minimum Gasteiger partial charge on any atom is -0.379 e. The number of hydrogen-bond donors (Lipinski definition) is 2. The van der Waals surface area contributed by atoms with Crippen LogP contribution in [0.5, 0.6) is 0 Å². The normalized spacial score (nSPS) is 17.9. The SMILES string of the molecule is Cc1ccc(-c2[nH]c3ccccc3c2C2c3ccccc3C(=O)N2C(CC(C)C)C(=O)NCCCN2CCOCC2)cc1. The lowest BCUT2D eigenvalue weighted by atomic mass is 9.91. The van der Waals surface area contributed by atoms with E-state index in [1.807, 2.05) is 41.3 Å². The van der Waals surface area contributed by atoms with Crippen molar-refractivity contribution in [2.75, 3.05) is 39.4 Å². The van der Waals surface area contributed by atoms with Gasteiger partial charge in [0.05, 0.1) is 24.9 Å². The van der Waals surface area contributed by atoms with Gasteiger partial charge in [0.15, 0.2) is 0 Å². The molecule has 224 valence electrons. The Bertz CT molecular complexity index is 1590. The number of ether oxygens (including phenoxy) is 1. The Hall–Kier alpha value is -3.94. The van der Waals surface area contributed by atoms with Gasteiger partial charge in [-0.2, -0.15) is 0 Å². The van der Waals surface area contributed by atoms with Crippen LogP contribution < -0.4 is 5.32 Å². The highest BCUT2D eigenvalue weighted by Crippen LogP contribution is 2.47. The Labute approximate surface area is 254 Å². The molecule has 0 saturated carbocycles. The van der Waals surface area contributed by atoms with Crippen molar-refractivity contribution >= 4 is 22.7 Å². The summed E-state index contributed by atoms with van der Waals surface area (Å²) in [4.78, 5) is 36.3. The average Bonchev–Trinajstić information content (AvgIpc) is 3.53. The Morgan fingerprint density at radius 1 is 1.00 bits per heavy atom. The number of para-hydroxylation sites is 1. The minimum absolute atomic E-state index is 0.0847. The molecule has 7 nitrogen and oxygen atoms in total. The van der Waals surface area contributed by atoms with Crippen LogP contribution in [0.3, 0.4) is 0 Å². The Morgan fingerprint density at radius 3 is 2.49 bits per heavy atom. The number of H-pyrrole nitrogens is 1. The highest BCUT2D eigenvalue weighted by Gasteiger charge is 2.45. The molecule has 0 radical (unpaired) electrons. The maximum absolute atomic E-state index is 14.3. The van der Waals surface area contributed by atoms with E-state index in [2.05, 4.69) is 72.4 Å². The molecule has 2 amide bonds. The number of nitrogens with zero attached hydrogens (tertiary/aromatic N) is 2. The van der Waals surface area contributed by atoms with Crippen LogP contribution in [-0.4, -0.2) is 72.0 Å². The van der Waals surface area contributed by atoms with E-state index >= 15 is 0 Å². The number of carbonyl (C=O) groups excluding carboxylic acids is 2. The van der Waals surface area contributed by atoms with Gasteiger partial charge in [-0.1, -0.05) is 80.1 Å². The van der Waals surface area contributed by atoms with Crippen molar-refractivity contribution in [1.82, 2.24) is 20.1 Å². The molecule has 3 aromatic carbocycles. The van der Waals surface area contributed by atoms with E-state index in [9.17, 15) is 9.59 Å². The van der Waals surface area contributed by atoms with Crippen LogP contribution >= 0.6 is 0 Å². The van der Waals surface area contributed by atoms with Crippen LogP contribution in [0.2, 0.25) is 0 Å². The largest absolute Gasteiger partial charge is 0.379 e. The van der Waals surface area contributed by atoms with E-state index < -0.39 is 12.1 Å². The molecule has 6 rings (SSSR count). The van der Waals surface area contributed by atoms with Crippen LogP contribution in [-0.2, 0) is 9.53 Å². The topological polar surface area (TPSA) is 77.7 Å². The number of carbonyl (C=O) groups is 2. The van der Waals surface area contributed by atoms with E-state index in [1.54, 1.807) is 0 Å². The molecule has 1 fully saturated rings. The van der Waals surface area contributed by atoms with E-state index in [4.69, 9.17) is 4.74 Å². The molecule has 2 atom stereocenters. The van der Waals surface area contributed by atoms with Crippen LogP contribution in [0.15, 0.2) is 72.8 Å². The molecule has 1 saturated heterocycles. The number of aromatic nitrogens is 1. The number of amides is 2. The zero-order chi connectivity index (χ0) is 29.9. The quantitative estimate of drug-likeness (QED) is 0.228. The summed E-state index contributed by atoms with van der Waals surface area (Å²) in [6.07, 6.45) is 1.44. The number of aromatic amines is 1. The predicted octanol–water partition coefficient (Wildman–Crippen LogP) is 5.94. The summed E-state index contributed by atoms with van der Waals surface area (Å²) in [6.45, 7) is 11.2. The molecule has 0 bridgehead atoms. The van der Waals surface area contributed by atoms with Gasteiger partial charge in [-0.15, -0.1) is 0 Å². The molecule has 1 aromatic heterocycles. The summed E-state index contributed by atoms with van der Waals surface area (Å²) in [5.74, 6) is 0.0502. The molecular formula is C36H42N4O3. The van der Waals surface area contributed by atoms with Crippen molar-refractivity contribution < 1.29 is 14.3 Å². The van der Waals surface area contributed by atoms with Gasteiger partial charge in [0.25, 0.3) is 5.91 Å². The van der Waals surface area contributed by atoms with Crippen molar-refractivity contribution in [3.05, 3.63) is 95.1 Å². The summed E-state index contributed by atoms with van der Waals surface area (Å²) in [7, 11) is 0. The summed E-state index contributed by atoms with van der Waals surface area (Å²) in [5.41, 5.74) is 6.88. The molecule has 2 aliphatic rings. The Balaban J connectivity index is 1.39. The van der Waals surface area contributed by atoms with Gasteiger partial charge in [-0.25, -0.2) is 0 Å². The smallest absolute Gasteiger partial charge is 0.255 e. The fraction of sp³-hybridized carbons (Fsp3) is 0.389. The van der Waals surface area contributed by atoms with Crippen molar-refractivity contribution in [2.45, 2.75) is 45.7 Å². The molecule has 0 aliphatic carbocycles. The lowest BCUT2D eigenvalue weighted by Gasteiger charge is -2.34. The second kappa shape index (κ2) is 12.7. The molecule has 4 aromatic rings. The Morgan fingerprint density at radius 2 is 1.72 bits per heavy atom. The van der Waals surface area contributed by atoms with E-state index in [-0.39, 0.29) is 17.7 Å². The van der Waals surface area contributed by atoms with Gasteiger partial charge in [0, 0.05) is 41.7 Å². The zero-order valence-electron chi connectivity index (χ0n) is 25.4. The first-order chi connectivity index (χ1) is 20.9. The lowest BCUT2D eigenvalue weighted by molar-refractivity contribution is -0.126. The highest BCUT2D eigenvalue weighted by molar-refractivity contribution is 6.04. The minimum atomic E-state index is -0.604. The number of morpholine rings is 1. The maximum Gasteiger partial charge on any atom is 0.255 e. The first-order valence-electron chi connectivity index (χ1n) is 15.6. The third-order valence-electron chi connectivity index (χ3n) is 8.75. The zero-order valence-corrected chi connectivity index (χ0v) is 25.4. The third kappa shape index (κ3) is 5.97. The molecule has 3 heterocycles. The fourth-order valence-corrected chi connectivity index (χ4v) is 6.60. The average molecular weight is 579 g/mol. The molecule has 0 spiro atoms. The van der Waals surface area contributed by atoms with E-state index in [0.717, 1.165) is 72.6 Å². The van der Waals surface area contributed by atoms with Gasteiger partial charge in [-0.3, -0.25) is 14.5 Å². The number of hydrogen-bond acceptors (Lipinski definition) is 4. The van der Waals surface area contributed by atoms with Gasteiger partial charge in [0.2, 0.25) is 5.91 Å². The summed E-state index contributed by atoms with van der Waals surface area (Å²) in [6, 6.07) is 23.6. The molecule has 2 unspecified atom stereocenters.